The SMILES string of the molecule is O=C(Cc1ccc(F)cc1)N[C@@H](Cc1cc(=O)[nH]c(N2CCCC2)n1)c1ccccc1. The van der Waals surface area contributed by atoms with E-state index in [1.54, 1.807) is 12.1 Å². The number of halogens is 1. The number of benzene rings is 2. The zero-order valence-corrected chi connectivity index (χ0v) is 17.2. The molecule has 1 amide bonds. The second kappa shape index (κ2) is 9.55. The van der Waals surface area contributed by atoms with Crippen molar-refractivity contribution >= 4 is 11.9 Å². The zero-order chi connectivity index (χ0) is 21.6. The fourth-order valence-electron chi connectivity index (χ4n) is 3.86. The second-order valence-electron chi connectivity index (χ2n) is 7.79. The van der Waals surface area contributed by atoms with Crippen molar-refractivity contribution in [2.24, 2.45) is 0 Å². The first-order valence-corrected chi connectivity index (χ1v) is 10.5. The van der Waals surface area contributed by atoms with Crippen LogP contribution < -0.4 is 15.8 Å². The third-order valence-corrected chi connectivity index (χ3v) is 5.42. The number of aromatic nitrogens is 2. The summed E-state index contributed by atoms with van der Waals surface area (Å²) in [5.41, 5.74) is 2.09. The Labute approximate surface area is 180 Å². The lowest BCUT2D eigenvalue weighted by Crippen LogP contribution is -2.32. The van der Waals surface area contributed by atoms with E-state index in [2.05, 4.69) is 20.2 Å². The molecule has 6 nitrogen and oxygen atoms in total. The van der Waals surface area contributed by atoms with Gasteiger partial charge in [-0.1, -0.05) is 42.5 Å². The van der Waals surface area contributed by atoms with Gasteiger partial charge >= 0.3 is 0 Å². The summed E-state index contributed by atoms with van der Waals surface area (Å²) in [5.74, 6) is 0.0787. The van der Waals surface area contributed by atoms with Gasteiger partial charge in [0.05, 0.1) is 18.2 Å². The molecule has 2 N–H and O–H groups in total. The van der Waals surface area contributed by atoms with Crippen LogP contribution in [0.5, 0.6) is 0 Å². The van der Waals surface area contributed by atoms with Crippen molar-refractivity contribution in [1.29, 1.82) is 0 Å². The van der Waals surface area contributed by atoms with Gasteiger partial charge in [-0.05, 0) is 36.1 Å². The van der Waals surface area contributed by atoms with Gasteiger partial charge in [0, 0.05) is 25.6 Å². The first kappa shape index (κ1) is 20.8. The summed E-state index contributed by atoms with van der Waals surface area (Å²) in [5, 5.41) is 3.05. The molecule has 160 valence electrons. The van der Waals surface area contributed by atoms with E-state index < -0.39 is 0 Å². The van der Waals surface area contributed by atoms with Crippen molar-refractivity contribution in [1.82, 2.24) is 15.3 Å². The molecular weight excluding hydrogens is 395 g/mol. The number of anilines is 1. The Morgan fingerprint density at radius 1 is 1.10 bits per heavy atom. The van der Waals surface area contributed by atoms with Gasteiger partial charge in [0.25, 0.3) is 5.56 Å². The van der Waals surface area contributed by atoms with E-state index in [1.807, 2.05) is 30.3 Å². The van der Waals surface area contributed by atoms with Gasteiger partial charge in [0.1, 0.15) is 5.82 Å². The highest BCUT2D eigenvalue weighted by atomic mass is 19.1. The highest BCUT2D eigenvalue weighted by molar-refractivity contribution is 5.79. The van der Waals surface area contributed by atoms with Crippen LogP contribution in [0.4, 0.5) is 10.3 Å². The quantitative estimate of drug-likeness (QED) is 0.616. The van der Waals surface area contributed by atoms with Crippen LogP contribution in [0.2, 0.25) is 0 Å². The van der Waals surface area contributed by atoms with Crippen LogP contribution >= 0.6 is 0 Å². The summed E-state index contributed by atoms with van der Waals surface area (Å²) in [6.07, 6.45) is 2.70. The van der Waals surface area contributed by atoms with Crippen LogP contribution in [-0.4, -0.2) is 29.0 Å². The molecule has 0 spiro atoms. The molecule has 1 saturated heterocycles. The Hall–Kier alpha value is -3.48. The van der Waals surface area contributed by atoms with Gasteiger partial charge in [-0.3, -0.25) is 14.6 Å². The largest absolute Gasteiger partial charge is 0.349 e. The van der Waals surface area contributed by atoms with E-state index in [-0.39, 0.29) is 29.7 Å². The van der Waals surface area contributed by atoms with Crippen LogP contribution in [0.1, 0.15) is 35.7 Å². The van der Waals surface area contributed by atoms with E-state index in [1.165, 1.54) is 18.2 Å². The lowest BCUT2D eigenvalue weighted by atomic mass is 10.0. The van der Waals surface area contributed by atoms with Crippen LogP contribution in [-0.2, 0) is 17.6 Å². The zero-order valence-electron chi connectivity index (χ0n) is 17.2. The first-order chi connectivity index (χ1) is 15.1. The average Bonchev–Trinajstić information content (AvgIpc) is 3.30. The molecule has 2 heterocycles. The highest BCUT2D eigenvalue weighted by Gasteiger charge is 2.19. The molecule has 0 radical (unpaired) electrons. The van der Waals surface area contributed by atoms with Gasteiger partial charge in [-0.2, -0.15) is 0 Å². The predicted octanol–water partition coefficient (Wildman–Crippen LogP) is 3.15. The smallest absolute Gasteiger partial charge is 0.252 e. The van der Waals surface area contributed by atoms with Crippen LogP contribution in [0, 0.1) is 5.82 Å². The molecule has 0 bridgehead atoms. The van der Waals surface area contributed by atoms with Gasteiger partial charge in [-0.15, -0.1) is 0 Å². The Bertz CT molecular complexity index is 1080. The normalized spacial score (nSPS) is 14.4. The van der Waals surface area contributed by atoms with E-state index in [0.29, 0.717) is 18.1 Å². The molecule has 2 aromatic carbocycles. The molecule has 1 aliphatic rings. The molecule has 7 heteroatoms. The number of aromatic amines is 1. The molecule has 1 atom stereocenters. The van der Waals surface area contributed by atoms with E-state index >= 15 is 0 Å². The standard InChI is InChI=1S/C24H25FN4O2/c25-19-10-8-17(9-11-19)14-22(30)27-21(18-6-2-1-3-7-18)15-20-16-23(31)28-24(26-20)29-12-4-5-13-29/h1-3,6-11,16,21H,4-5,12-15H2,(H,27,30)(H,26,28,31)/t21-/m0/s1. The van der Waals surface area contributed by atoms with Crippen LogP contribution in [0.3, 0.4) is 0 Å². The molecule has 3 aromatic rings. The minimum absolute atomic E-state index is 0.144. The van der Waals surface area contributed by atoms with Crippen molar-refractivity contribution in [3.63, 3.8) is 0 Å². The lowest BCUT2D eigenvalue weighted by molar-refractivity contribution is -0.121. The summed E-state index contributed by atoms with van der Waals surface area (Å²) < 4.78 is 13.1. The lowest BCUT2D eigenvalue weighted by Gasteiger charge is -2.21. The number of rotatable bonds is 7. The van der Waals surface area contributed by atoms with Crippen molar-refractivity contribution in [2.45, 2.75) is 31.7 Å². The third-order valence-electron chi connectivity index (χ3n) is 5.42. The summed E-state index contributed by atoms with van der Waals surface area (Å²) in [4.78, 5) is 34.5. The van der Waals surface area contributed by atoms with Gasteiger partial charge < -0.3 is 10.2 Å². The van der Waals surface area contributed by atoms with Crippen LogP contribution in [0.15, 0.2) is 65.5 Å². The maximum atomic E-state index is 13.1. The number of nitrogens with zero attached hydrogens (tertiary/aromatic N) is 2. The van der Waals surface area contributed by atoms with Gasteiger partial charge in [0.2, 0.25) is 11.9 Å². The number of carbonyl (C=O) groups excluding carboxylic acids is 1. The maximum absolute atomic E-state index is 13.1. The maximum Gasteiger partial charge on any atom is 0.252 e. The molecule has 1 aliphatic heterocycles. The minimum Gasteiger partial charge on any atom is -0.349 e. The van der Waals surface area contributed by atoms with E-state index in [4.69, 9.17) is 0 Å². The molecule has 31 heavy (non-hydrogen) atoms. The first-order valence-electron chi connectivity index (χ1n) is 10.5. The Morgan fingerprint density at radius 2 is 1.81 bits per heavy atom. The molecular formula is C24H25FN4O2. The molecule has 1 aromatic heterocycles. The second-order valence-corrected chi connectivity index (χ2v) is 7.79. The molecule has 0 unspecified atom stereocenters. The minimum atomic E-state index is -0.338. The number of hydrogen-bond donors (Lipinski definition) is 2. The number of hydrogen-bond acceptors (Lipinski definition) is 4. The third kappa shape index (κ3) is 5.57. The monoisotopic (exact) mass is 420 g/mol. The fraction of sp³-hybridized carbons (Fsp3) is 0.292. The fourth-order valence-corrected chi connectivity index (χ4v) is 3.86. The van der Waals surface area contributed by atoms with E-state index in [0.717, 1.165) is 37.1 Å². The van der Waals surface area contributed by atoms with Crippen molar-refractivity contribution < 1.29 is 9.18 Å². The topological polar surface area (TPSA) is 78.1 Å². The summed E-state index contributed by atoms with van der Waals surface area (Å²) in [7, 11) is 0. The predicted molar refractivity (Wildman–Crippen MR) is 117 cm³/mol. The Balaban J connectivity index is 1.54. The number of H-pyrrole nitrogens is 1. The number of nitrogens with one attached hydrogen (secondary N) is 2. The highest BCUT2D eigenvalue weighted by Crippen LogP contribution is 2.20. The van der Waals surface area contributed by atoms with E-state index in [9.17, 15) is 14.0 Å². The van der Waals surface area contributed by atoms with Crippen molar-refractivity contribution in [3.8, 4) is 0 Å². The van der Waals surface area contributed by atoms with Gasteiger partial charge in [0.15, 0.2) is 0 Å². The average molecular weight is 420 g/mol. The van der Waals surface area contributed by atoms with Crippen molar-refractivity contribution in [3.05, 3.63) is 93.7 Å². The Morgan fingerprint density at radius 3 is 2.52 bits per heavy atom. The number of amides is 1. The van der Waals surface area contributed by atoms with Crippen LogP contribution in [0.25, 0.3) is 0 Å². The summed E-state index contributed by atoms with van der Waals surface area (Å²) in [6, 6.07) is 16.7. The summed E-state index contributed by atoms with van der Waals surface area (Å²) >= 11 is 0. The molecule has 4 rings (SSSR count). The van der Waals surface area contributed by atoms with Gasteiger partial charge in [-0.25, -0.2) is 9.37 Å². The Kier molecular flexibility index (Phi) is 6.40. The van der Waals surface area contributed by atoms with Crippen molar-refractivity contribution in [2.75, 3.05) is 18.0 Å². The summed E-state index contributed by atoms with van der Waals surface area (Å²) in [6.45, 7) is 1.76. The molecule has 0 saturated carbocycles. The molecule has 1 fully saturated rings. The molecule has 0 aliphatic carbocycles. The number of carbonyl (C=O) groups is 1.